The molecule has 1 heterocycles. The molecule has 0 unspecified atom stereocenters. The molecule has 0 radical (unpaired) electrons. The summed E-state index contributed by atoms with van der Waals surface area (Å²) in [6.45, 7) is 3.03. The number of hydrogen-bond donors (Lipinski definition) is 1. The summed E-state index contributed by atoms with van der Waals surface area (Å²) in [6.07, 6.45) is 0.815. The lowest BCUT2D eigenvalue weighted by molar-refractivity contribution is 0.0774. The molecule has 0 fully saturated rings. The van der Waals surface area contributed by atoms with E-state index in [-0.39, 0.29) is 17.2 Å². The van der Waals surface area contributed by atoms with E-state index in [9.17, 15) is 18.4 Å². The van der Waals surface area contributed by atoms with Gasteiger partial charge in [0, 0.05) is 19.2 Å². The van der Waals surface area contributed by atoms with Crippen molar-refractivity contribution in [2.45, 2.75) is 19.9 Å². The molecule has 6 heteroatoms. The zero-order chi connectivity index (χ0) is 17.3. The molecule has 0 saturated heterocycles. The summed E-state index contributed by atoms with van der Waals surface area (Å²) in [5.41, 5.74) is 1.01. The van der Waals surface area contributed by atoms with Crippen molar-refractivity contribution in [1.82, 2.24) is 4.90 Å². The van der Waals surface area contributed by atoms with Crippen molar-refractivity contribution in [1.29, 1.82) is 0 Å². The second-order valence-electron chi connectivity index (χ2n) is 5.64. The standard InChI is InChI=1S/C18H16F2N2O2/c1-2-8-22-10-11-4-3-5-13(16(11)18(22)24)17(23)21-15-9-12(19)6-7-14(15)20/h3-7,9H,2,8,10H2,1H3,(H,21,23). The highest BCUT2D eigenvalue weighted by Gasteiger charge is 2.31. The van der Waals surface area contributed by atoms with E-state index in [1.165, 1.54) is 6.07 Å². The van der Waals surface area contributed by atoms with Gasteiger partial charge in [0.1, 0.15) is 11.6 Å². The maximum absolute atomic E-state index is 13.7. The van der Waals surface area contributed by atoms with E-state index in [1.807, 2.05) is 6.92 Å². The van der Waals surface area contributed by atoms with Crippen LogP contribution in [0.4, 0.5) is 14.5 Å². The van der Waals surface area contributed by atoms with E-state index in [4.69, 9.17) is 0 Å². The van der Waals surface area contributed by atoms with Gasteiger partial charge in [-0.1, -0.05) is 19.1 Å². The second kappa shape index (κ2) is 6.39. The summed E-state index contributed by atoms with van der Waals surface area (Å²) >= 11 is 0. The molecule has 1 aliphatic heterocycles. The fraction of sp³-hybridized carbons (Fsp3) is 0.222. The fourth-order valence-corrected chi connectivity index (χ4v) is 2.84. The Morgan fingerprint density at radius 2 is 2.04 bits per heavy atom. The third kappa shape index (κ3) is 2.87. The smallest absolute Gasteiger partial charge is 0.256 e. The van der Waals surface area contributed by atoms with Crippen molar-refractivity contribution < 1.29 is 18.4 Å². The molecule has 0 spiro atoms. The van der Waals surface area contributed by atoms with Crippen LogP contribution in [0.25, 0.3) is 0 Å². The minimum Gasteiger partial charge on any atom is -0.334 e. The summed E-state index contributed by atoms with van der Waals surface area (Å²) in [4.78, 5) is 26.6. The Balaban J connectivity index is 1.92. The SMILES string of the molecule is CCCN1Cc2cccc(C(=O)Nc3cc(F)ccc3F)c2C1=O. The fourth-order valence-electron chi connectivity index (χ4n) is 2.84. The van der Waals surface area contributed by atoms with Gasteiger partial charge in [0.05, 0.1) is 16.8 Å². The number of rotatable bonds is 4. The van der Waals surface area contributed by atoms with Gasteiger partial charge in [-0.3, -0.25) is 9.59 Å². The number of anilines is 1. The molecule has 1 N–H and O–H groups in total. The van der Waals surface area contributed by atoms with Crippen molar-refractivity contribution in [3.8, 4) is 0 Å². The number of benzene rings is 2. The number of halogens is 2. The lowest BCUT2D eigenvalue weighted by Crippen LogP contribution is -2.26. The molecule has 3 rings (SSSR count). The highest BCUT2D eigenvalue weighted by Crippen LogP contribution is 2.27. The number of fused-ring (bicyclic) bond motifs is 1. The predicted octanol–water partition coefficient (Wildman–Crippen LogP) is 3.58. The summed E-state index contributed by atoms with van der Waals surface area (Å²) in [5, 5.41) is 2.34. The Labute approximate surface area is 138 Å². The lowest BCUT2D eigenvalue weighted by Gasteiger charge is -2.14. The van der Waals surface area contributed by atoms with Crippen LogP contribution in [0.5, 0.6) is 0 Å². The van der Waals surface area contributed by atoms with Crippen molar-refractivity contribution in [2.24, 2.45) is 0 Å². The zero-order valence-corrected chi connectivity index (χ0v) is 13.1. The van der Waals surface area contributed by atoms with Crippen LogP contribution in [0.15, 0.2) is 36.4 Å². The van der Waals surface area contributed by atoms with Gasteiger partial charge >= 0.3 is 0 Å². The summed E-state index contributed by atoms with van der Waals surface area (Å²) < 4.78 is 26.9. The average Bonchev–Trinajstić information content (AvgIpc) is 2.87. The average molecular weight is 330 g/mol. The predicted molar refractivity (Wildman–Crippen MR) is 85.8 cm³/mol. The van der Waals surface area contributed by atoms with Crippen LogP contribution < -0.4 is 5.32 Å². The van der Waals surface area contributed by atoms with Gasteiger partial charge in [0.15, 0.2) is 0 Å². The summed E-state index contributed by atoms with van der Waals surface area (Å²) in [6, 6.07) is 7.80. The van der Waals surface area contributed by atoms with E-state index < -0.39 is 17.5 Å². The molecule has 0 saturated carbocycles. The molecule has 0 bridgehead atoms. The first-order chi connectivity index (χ1) is 11.5. The van der Waals surface area contributed by atoms with Crippen LogP contribution in [-0.2, 0) is 6.54 Å². The van der Waals surface area contributed by atoms with Gasteiger partial charge in [-0.05, 0) is 30.2 Å². The Kier molecular flexibility index (Phi) is 4.29. The van der Waals surface area contributed by atoms with E-state index in [0.29, 0.717) is 18.7 Å². The van der Waals surface area contributed by atoms with Gasteiger partial charge in [0.2, 0.25) is 0 Å². The second-order valence-corrected chi connectivity index (χ2v) is 5.64. The van der Waals surface area contributed by atoms with Crippen molar-refractivity contribution in [2.75, 3.05) is 11.9 Å². The van der Waals surface area contributed by atoms with Gasteiger partial charge in [0.25, 0.3) is 11.8 Å². The van der Waals surface area contributed by atoms with Gasteiger partial charge in [-0.25, -0.2) is 8.78 Å². The van der Waals surface area contributed by atoms with Crippen LogP contribution in [-0.4, -0.2) is 23.3 Å². The molecular weight excluding hydrogens is 314 g/mol. The van der Waals surface area contributed by atoms with Crippen molar-refractivity contribution in [3.63, 3.8) is 0 Å². The van der Waals surface area contributed by atoms with Crippen LogP contribution in [0.1, 0.15) is 39.6 Å². The van der Waals surface area contributed by atoms with Gasteiger partial charge in [-0.2, -0.15) is 0 Å². The molecule has 2 aromatic rings. The molecule has 2 amide bonds. The van der Waals surface area contributed by atoms with E-state index in [0.717, 1.165) is 30.2 Å². The maximum atomic E-state index is 13.7. The molecule has 0 aliphatic carbocycles. The number of amides is 2. The van der Waals surface area contributed by atoms with Crippen LogP contribution in [0, 0.1) is 11.6 Å². The molecular formula is C18H16F2N2O2. The highest BCUT2D eigenvalue weighted by molar-refractivity contribution is 6.13. The number of hydrogen-bond acceptors (Lipinski definition) is 2. The van der Waals surface area contributed by atoms with Crippen molar-refractivity contribution >= 4 is 17.5 Å². The first-order valence-corrected chi connectivity index (χ1v) is 7.68. The molecule has 4 nitrogen and oxygen atoms in total. The van der Waals surface area contributed by atoms with Gasteiger partial charge in [-0.15, -0.1) is 0 Å². The number of nitrogens with one attached hydrogen (secondary N) is 1. The zero-order valence-electron chi connectivity index (χ0n) is 13.1. The minimum atomic E-state index is -0.740. The third-order valence-electron chi connectivity index (χ3n) is 3.93. The van der Waals surface area contributed by atoms with E-state index >= 15 is 0 Å². The largest absolute Gasteiger partial charge is 0.334 e. The Morgan fingerprint density at radius 1 is 1.25 bits per heavy atom. The van der Waals surface area contributed by atoms with Crippen LogP contribution in [0.2, 0.25) is 0 Å². The topological polar surface area (TPSA) is 49.4 Å². The molecule has 0 atom stereocenters. The van der Waals surface area contributed by atoms with Crippen LogP contribution in [0.3, 0.4) is 0 Å². The quantitative estimate of drug-likeness (QED) is 0.931. The summed E-state index contributed by atoms with van der Waals surface area (Å²) in [5.74, 6) is -2.24. The highest BCUT2D eigenvalue weighted by atomic mass is 19.1. The molecule has 0 aromatic heterocycles. The monoisotopic (exact) mass is 330 g/mol. The number of carbonyl (C=O) groups excluding carboxylic acids is 2. The Bertz CT molecular complexity index is 821. The summed E-state index contributed by atoms with van der Waals surface area (Å²) in [7, 11) is 0. The van der Waals surface area contributed by atoms with Crippen LogP contribution >= 0.6 is 0 Å². The van der Waals surface area contributed by atoms with E-state index in [1.54, 1.807) is 17.0 Å². The number of carbonyl (C=O) groups is 2. The van der Waals surface area contributed by atoms with E-state index in [2.05, 4.69) is 5.32 Å². The first kappa shape index (κ1) is 16.1. The Hall–Kier alpha value is -2.76. The molecule has 24 heavy (non-hydrogen) atoms. The Morgan fingerprint density at radius 3 is 2.79 bits per heavy atom. The normalized spacial score (nSPS) is 13.1. The first-order valence-electron chi connectivity index (χ1n) is 7.68. The molecule has 2 aromatic carbocycles. The van der Waals surface area contributed by atoms with Gasteiger partial charge < -0.3 is 10.2 Å². The third-order valence-corrected chi connectivity index (χ3v) is 3.93. The molecule has 1 aliphatic rings. The molecule has 124 valence electrons. The maximum Gasteiger partial charge on any atom is 0.256 e. The number of nitrogens with zero attached hydrogens (tertiary/aromatic N) is 1. The lowest BCUT2D eigenvalue weighted by atomic mass is 10.0. The minimum absolute atomic E-state index is 0.166. The van der Waals surface area contributed by atoms with Crippen molar-refractivity contribution in [3.05, 3.63) is 64.7 Å².